The Kier molecular flexibility index (Phi) is 8.40. The third kappa shape index (κ3) is 5.30. The van der Waals surface area contributed by atoms with Gasteiger partial charge in [0.1, 0.15) is 11.8 Å². The molecule has 1 fully saturated rings. The van der Waals surface area contributed by atoms with Crippen LogP contribution in [0.15, 0.2) is 6.20 Å². The molecule has 0 unspecified atom stereocenters. The van der Waals surface area contributed by atoms with E-state index in [4.69, 9.17) is 4.74 Å². The maximum Gasteiger partial charge on any atom is 0.315 e. The Labute approximate surface area is 147 Å². The fraction of sp³-hybridized carbons (Fsp3) is 0.786. The van der Waals surface area contributed by atoms with Crippen LogP contribution in [0.1, 0.15) is 25.5 Å². The second kappa shape index (κ2) is 9.77. The maximum atomic E-state index is 11.7. The predicted molar refractivity (Wildman–Crippen MR) is 88.7 cm³/mol. The van der Waals surface area contributed by atoms with Crippen LogP contribution >= 0.6 is 12.4 Å². The van der Waals surface area contributed by atoms with Gasteiger partial charge in [0, 0.05) is 26.1 Å². The van der Waals surface area contributed by atoms with Crippen LogP contribution in [-0.4, -0.2) is 63.1 Å². The van der Waals surface area contributed by atoms with Crippen molar-refractivity contribution in [3.05, 3.63) is 11.9 Å². The summed E-state index contributed by atoms with van der Waals surface area (Å²) in [6.45, 7) is 3.32. The van der Waals surface area contributed by atoms with Gasteiger partial charge in [0.25, 0.3) is 0 Å². The Bertz CT molecular complexity index is 515. The molecule has 0 radical (unpaired) electrons. The molecule has 2 amide bonds. The number of hydrogen-bond donors (Lipinski definition) is 4. The maximum absolute atomic E-state index is 11.7. The summed E-state index contributed by atoms with van der Waals surface area (Å²) in [4.78, 5) is 11.7. The number of ether oxygens (including phenoxy) is 1. The Morgan fingerprint density at radius 2 is 2.21 bits per heavy atom. The van der Waals surface area contributed by atoms with E-state index in [1.54, 1.807) is 18.0 Å². The van der Waals surface area contributed by atoms with Gasteiger partial charge in [-0.1, -0.05) is 12.1 Å². The minimum absolute atomic E-state index is 0. The normalized spacial score (nSPS) is 26.0. The van der Waals surface area contributed by atoms with E-state index in [1.165, 1.54) is 0 Å². The number of aromatic nitrogens is 3. The van der Waals surface area contributed by atoms with Gasteiger partial charge in [0.2, 0.25) is 0 Å². The number of carbonyl (C=O) groups is 1. The molecule has 24 heavy (non-hydrogen) atoms. The van der Waals surface area contributed by atoms with E-state index in [-0.39, 0.29) is 24.4 Å². The van der Waals surface area contributed by atoms with E-state index < -0.39 is 18.2 Å². The van der Waals surface area contributed by atoms with Gasteiger partial charge in [-0.25, -0.2) is 4.79 Å². The van der Waals surface area contributed by atoms with Crippen LogP contribution < -0.4 is 10.6 Å². The number of amides is 2. The van der Waals surface area contributed by atoms with E-state index in [0.29, 0.717) is 31.8 Å². The van der Waals surface area contributed by atoms with Crippen molar-refractivity contribution >= 4 is 18.4 Å². The number of aliphatic hydroxyl groups is 2. The fourth-order valence-corrected chi connectivity index (χ4v) is 2.79. The number of nitrogens with zero attached hydrogens (tertiary/aromatic N) is 3. The number of carbonyl (C=O) groups excluding carboxylic acids is 1. The molecule has 1 aliphatic carbocycles. The summed E-state index contributed by atoms with van der Waals surface area (Å²) < 4.78 is 6.60. The molecule has 0 aliphatic heterocycles. The van der Waals surface area contributed by atoms with Gasteiger partial charge in [-0.05, 0) is 12.8 Å². The lowest BCUT2D eigenvalue weighted by atomic mass is 10.1. The van der Waals surface area contributed by atoms with Crippen LogP contribution in [0, 0.1) is 5.92 Å². The van der Waals surface area contributed by atoms with E-state index in [0.717, 1.165) is 6.42 Å². The summed E-state index contributed by atoms with van der Waals surface area (Å²) in [5.74, 6) is -0.210. The molecule has 1 saturated carbocycles. The Hall–Kier alpha value is -1.42. The van der Waals surface area contributed by atoms with E-state index in [9.17, 15) is 15.0 Å². The SMILES string of the molecule is CCCNC(=O)N[C@@H]1C[C@H](Cn2cc(COC)nn2)[C@@H](O)[C@H]1O.Cl. The van der Waals surface area contributed by atoms with Crippen LogP contribution in [0.2, 0.25) is 0 Å². The molecule has 4 N–H and O–H groups in total. The Morgan fingerprint density at radius 3 is 2.88 bits per heavy atom. The molecule has 0 spiro atoms. The first-order chi connectivity index (χ1) is 11.0. The van der Waals surface area contributed by atoms with Crippen molar-refractivity contribution in [2.75, 3.05) is 13.7 Å². The summed E-state index contributed by atoms with van der Waals surface area (Å²) in [6, 6.07) is -0.805. The molecule has 9 nitrogen and oxygen atoms in total. The lowest BCUT2D eigenvalue weighted by Gasteiger charge is -2.18. The number of halogens is 1. The monoisotopic (exact) mass is 363 g/mol. The summed E-state index contributed by atoms with van der Waals surface area (Å²) >= 11 is 0. The molecule has 1 aliphatic rings. The molecule has 1 aromatic heterocycles. The van der Waals surface area contributed by atoms with E-state index >= 15 is 0 Å². The van der Waals surface area contributed by atoms with Crippen molar-refractivity contribution in [2.24, 2.45) is 5.92 Å². The summed E-state index contributed by atoms with van der Waals surface area (Å²) in [6.07, 6.45) is 1.15. The number of methoxy groups -OCH3 is 1. The molecular formula is C14H26ClN5O4. The highest BCUT2D eigenvalue weighted by Gasteiger charge is 2.42. The third-order valence-corrected chi connectivity index (χ3v) is 3.95. The Balaban J connectivity index is 0.00000288. The van der Waals surface area contributed by atoms with Gasteiger partial charge in [-0.15, -0.1) is 17.5 Å². The van der Waals surface area contributed by atoms with Crippen molar-refractivity contribution in [2.45, 2.75) is 51.2 Å². The molecule has 138 valence electrons. The molecule has 0 aromatic carbocycles. The van der Waals surface area contributed by atoms with Crippen LogP contribution in [-0.2, 0) is 17.9 Å². The smallest absolute Gasteiger partial charge is 0.315 e. The number of rotatable bonds is 7. The Morgan fingerprint density at radius 1 is 1.46 bits per heavy atom. The van der Waals surface area contributed by atoms with Gasteiger partial charge in [-0.2, -0.15) is 0 Å². The lowest BCUT2D eigenvalue weighted by Crippen LogP contribution is -2.47. The average Bonchev–Trinajstić information content (AvgIpc) is 3.06. The molecule has 1 aromatic rings. The van der Waals surface area contributed by atoms with Crippen molar-refractivity contribution in [3.8, 4) is 0 Å². The van der Waals surface area contributed by atoms with Crippen LogP contribution in [0.5, 0.6) is 0 Å². The molecule has 10 heteroatoms. The molecule has 2 rings (SSSR count). The van der Waals surface area contributed by atoms with Crippen LogP contribution in [0.4, 0.5) is 4.79 Å². The first-order valence-electron chi connectivity index (χ1n) is 7.83. The predicted octanol–water partition coefficient (Wildman–Crippen LogP) is -0.334. The molecular weight excluding hydrogens is 338 g/mol. The summed E-state index contributed by atoms with van der Waals surface area (Å²) in [5, 5.41) is 33.6. The van der Waals surface area contributed by atoms with E-state index in [1.807, 2.05) is 6.92 Å². The highest BCUT2D eigenvalue weighted by molar-refractivity contribution is 5.85. The van der Waals surface area contributed by atoms with Gasteiger partial charge in [0.05, 0.1) is 24.9 Å². The van der Waals surface area contributed by atoms with Crippen molar-refractivity contribution in [1.82, 2.24) is 25.6 Å². The summed E-state index contributed by atoms with van der Waals surface area (Å²) in [5.41, 5.74) is 0.703. The first kappa shape index (κ1) is 20.6. The zero-order chi connectivity index (χ0) is 16.8. The fourth-order valence-electron chi connectivity index (χ4n) is 2.79. The average molecular weight is 364 g/mol. The van der Waals surface area contributed by atoms with Crippen LogP contribution in [0.25, 0.3) is 0 Å². The highest BCUT2D eigenvalue weighted by atomic mass is 35.5. The molecule has 4 atom stereocenters. The number of nitrogens with one attached hydrogen (secondary N) is 2. The minimum atomic E-state index is -0.991. The standard InChI is InChI=1S/C14H25N5O4.ClH/c1-3-4-15-14(22)16-11-5-9(12(20)13(11)21)6-19-7-10(8-23-2)17-18-19;/h7,9,11-13,20-21H,3-6,8H2,1-2H3,(H2,15,16,22);1H/t9-,11-,12-,13+;/m1./s1. The topological polar surface area (TPSA) is 122 Å². The zero-order valence-electron chi connectivity index (χ0n) is 13.9. The van der Waals surface area contributed by atoms with Crippen molar-refractivity contribution in [1.29, 1.82) is 0 Å². The third-order valence-electron chi connectivity index (χ3n) is 3.95. The lowest BCUT2D eigenvalue weighted by molar-refractivity contribution is 0.00860. The largest absolute Gasteiger partial charge is 0.390 e. The number of hydrogen-bond acceptors (Lipinski definition) is 6. The minimum Gasteiger partial charge on any atom is -0.390 e. The molecule has 0 bridgehead atoms. The van der Waals surface area contributed by atoms with Crippen molar-refractivity contribution in [3.63, 3.8) is 0 Å². The molecule has 0 saturated heterocycles. The van der Waals surface area contributed by atoms with Crippen molar-refractivity contribution < 1.29 is 19.7 Å². The van der Waals surface area contributed by atoms with Gasteiger partial charge >= 0.3 is 6.03 Å². The number of aliphatic hydroxyl groups excluding tert-OH is 2. The van der Waals surface area contributed by atoms with Gasteiger partial charge in [0.15, 0.2) is 0 Å². The van der Waals surface area contributed by atoms with Gasteiger partial charge < -0.3 is 25.6 Å². The van der Waals surface area contributed by atoms with Gasteiger partial charge in [-0.3, -0.25) is 4.68 Å². The quantitative estimate of drug-likeness (QED) is 0.526. The second-order valence-corrected chi connectivity index (χ2v) is 5.85. The highest BCUT2D eigenvalue weighted by Crippen LogP contribution is 2.28. The summed E-state index contributed by atoms with van der Waals surface area (Å²) in [7, 11) is 1.58. The molecule has 1 heterocycles. The van der Waals surface area contributed by atoms with E-state index in [2.05, 4.69) is 20.9 Å². The first-order valence-corrected chi connectivity index (χ1v) is 7.83. The van der Waals surface area contributed by atoms with Crippen LogP contribution in [0.3, 0.4) is 0 Å². The second-order valence-electron chi connectivity index (χ2n) is 5.85. The zero-order valence-corrected chi connectivity index (χ0v) is 14.7. The number of urea groups is 1.